The minimum absolute atomic E-state index is 0.224. The minimum Gasteiger partial charge on any atom is -0.310 e. The van der Waals surface area contributed by atoms with Crippen LogP contribution in [0, 0.1) is 11.8 Å². The summed E-state index contributed by atoms with van der Waals surface area (Å²) in [5.41, 5.74) is 12.3. The molecular weight excluding hydrogens is 458 g/mol. The number of rotatable bonds is 4. The molecule has 3 atom stereocenters. The summed E-state index contributed by atoms with van der Waals surface area (Å²) < 4.78 is 0. The van der Waals surface area contributed by atoms with Crippen molar-refractivity contribution in [3.8, 4) is 22.3 Å². The lowest BCUT2D eigenvalue weighted by molar-refractivity contribution is 0.327. The Morgan fingerprint density at radius 1 is 0.526 bits per heavy atom. The molecule has 0 heterocycles. The first-order valence-electron chi connectivity index (χ1n) is 14.1. The van der Waals surface area contributed by atoms with Gasteiger partial charge in [-0.1, -0.05) is 97.4 Å². The second-order valence-electron chi connectivity index (χ2n) is 11.4. The third-order valence-corrected chi connectivity index (χ3v) is 9.54. The van der Waals surface area contributed by atoms with Gasteiger partial charge in [-0.25, -0.2) is 0 Å². The average Bonchev–Trinajstić information content (AvgIpc) is 3.68. The highest BCUT2D eigenvalue weighted by Crippen LogP contribution is 2.65. The van der Waals surface area contributed by atoms with Crippen LogP contribution in [0.25, 0.3) is 22.3 Å². The molecule has 5 aromatic carbocycles. The van der Waals surface area contributed by atoms with Crippen LogP contribution in [0.4, 0.5) is 17.1 Å². The van der Waals surface area contributed by atoms with Crippen LogP contribution in [-0.4, -0.2) is 0 Å². The smallest absolute Gasteiger partial charge is 0.0468 e. The second kappa shape index (κ2) is 8.46. The van der Waals surface area contributed by atoms with Gasteiger partial charge in [0.05, 0.1) is 0 Å². The van der Waals surface area contributed by atoms with Gasteiger partial charge in [0.2, 0.25) is 0 Å². The molecule has 2 bridgehead atoms. The fraction of sp³-hybridized carbons (Fsp3) is 0.189. The third kappa shape index (κ3) is 3.18. The largest absolute Gasteiger partial charge is 0.310 e. The van der Waals surface area contributed by atoms with Gasteiger partial charge in [-0.2, -0.15) is 0 Å². The molecule has 184 valence electrons. The Balaban J connectivity index is 1.27. The molecular formula is C37H31N. The van der Waals surface area contributed by atoms with Crippen molar-refractivity contribution in [1.82, 2.24) is 0 Å². The van der Waals surface area contributed by atoms with E-state index in [-0.39, 0.29) is 5.41 Å². The van der Waals surface area contributed by atoms with E-state index in [2.05, 4.69) is 132 Å². The van der Waals surface area contributed by atoms with Crippen LogP contribution >= 0.6 is 0 Å². The summed E-state index contributed by atoms with van der Waals surface area (Å²) in [4.78, 5) is 2.41. The number of benzene rings is 5. The Hall–Kier alpha value is -4.10. The summed E-state index contributed by atoms with van der Waals surface area (Å²) in [7, 11) is 0. The van der Waals surface area contributed by atoms with Crippen molar-refractivity contribution >= 4 is 17.1 Å². The van der Waals surface area contributed by atoms with Crippen molar-refractivity contribution in [3.63, 3.8) is 0 Å². The zero-order valence-electron chi connectivity index (χ0n) is 21.6. The molecule has 3 aliphatic rings. The Bertz CT molecular complexity index is 1620. The number of nitrogens with zero attached hydrogens (tertiary/aromatic N) is 1. The lowest BCUT2D eigenvalue weighted by Crippen LogP contribution is -2.31. The van der Waals surface area contributed by atoms with E-state index in [1.54, 1.807) is 11.1 Å². The minimum atomic E-state index is 0.224. The standard InChI is InChI=1S/C37H31N/c1-3-9-27(10-4-1)28-16-19-31(20-17-28)38(30-11-5-2-6-12-30)32-21-22-36-34(24-32)33-13-7-8-14-35(33)37(36)25-26-15-18-29(37)23-26/h1-14,16-17,19-22,24,26,29H,15,18,23,25H2. The van der Waals surface area contributed by atoms with E-state index in [0.717, 1.165) is 11.8 Å². The maximum absolute atomic E-state index is 2.47. The summed E-state index contributed by atoms with van der Waals surface area (Å²) in [6, 6.07) is 47.0. The van der Waals surface area contributed by atoms with Gasteiger partial charge in [-0.05, 0) is 101 Å². The van der Waals surface area contributed by atoms with Gasteiger partial charge in [0.25, 0.3) is 0 Å². The van der Waals surface area contributed by atoms with E-state index >= 15 is 0 Å². The van der Waals surface area contributed by atoms with Crippen LogP contribution in [0.5, 0.6) is 0 Å². The summed E-state index contributed by atoms with van der Waals surface area (Å²) in [5.74, 6) is 1.68. The molecule has 0 aliphatic heterocycles. The molecule has 3 unspecified atom stereocenters. The molecule has 0 radical (unpaired) electrons. The van der Waals surface area contributed by atoms with Gasteiger partial charge in [0, 0.05) is 22.5 Å². The van der Waals surface area contributed by atoms with E-state index in [9.17, 15) is 0 Å². The number of para-hydroxylation sites is 1. The monoisotopic (exact) mass is 489 g/mol. The van der Waals surface area contributed by atoms with Crippen LogP contribution in [0.3, 0.4) is 0 Å². The Morgan fingerprint density at radius 2 is 1.16 bits per heavy atom. The summed E-state index contributed by atoms with van der Waals surface area (Å²) in [6.45, 7) is 0. The summed E-state index contributed by atoms with van der Waals surface area (Å²) in [6.07, 6.45) is 5.52. The van der Waals surface area contributed by atoms with Crippen molar-refractivity contribution in [2.24, 2.45) is 11.8 Å². The van der Waals surface area contributed by atoms with Crippen molar-refractivity contribution in [1.29, 1.82) is 0 Å². The van der Waals surface area contributed by atoms with E-state index in [1.807, 2.05) is 0 Å². The molecule has 8 rings (SSSR count). The molecule has 0 saturated heterocycles. The number of fused-ring (bicyclic) bond motifs is 8. The van der Waals surface area contributed by atoms with E-state index in [0.29, 0.717) is 0 Å². The molecule has 2 saturated carbocycles. The molecule has 1 nitrogen and oxygen atoms in total. The topological polar surface area (TPSA) is 3.24 Å². The van der Waals surface area contributed by atoms with Gasteiger partial charge in [0.1, 0.15) is 0 Å². The fourth-order valence-corrected chi connectivity index (χ4v) is 7.98. The van der Waals surface area contributed by atoms with Crippen molar-refractivity contribution in [2.45, 2.75) is 31.1 Å². The SMILES string of the molecule is c1ccc(-c2ccc(N(c3ccccc3)c3ccc4c(c3)-c3ccccc3C43CC4CCC3C4)cc2)cc1. The maximum atomic E-state index is 2.47. The second-order valence-corrected chi connectivity index (χ2v) is 11.4. The van der Waals surface area contributed by atoms with E-state index in [1.165, 1.54) is 65.0 Å². The molecule has 5 aromatic rings. The molecule has 0 amide bonds. The predicted octanol–water partition coefficient (Wildman–Crippen LogP) is 9.91. The molecule has 0 N–H and O–H groups in total. The molecule has 38 heavy (non-hydrogen) atoms. The van der Waals surface area contributed by atoms with Crippen molar-refractivity contribution < 1.29 is 0 Å². The highest BCUT2D eigenvalue weighted by Gasteiger charge is 2.56. The molecule has 0 aromatic heterocycles. The highest BCUT2D eigenvalue weighted by atomic mass is 15.1. The van der Waals surface area contributed by atoms with Crippen LogP contribution in [0.1, 0.15) is 36.8 Å². The van der Waals surface area contributed by atoms with E-state index < -0.39 is 0 Å². The highest BCUT2D eigenvalue weighted by molar-refractivity contribution is 5.87. The van der Waals surface area contributed by atoms with Crippen LogP contribution in [-0.2, 0) is 5.41 Å². The van der Waals surface area contributed by atoms with Crippen molar-refractivity contribution in [2.75, 3.05) is 4.90 Å². The third-order valence-electron chi connectivity index (χ3n) is 9.54. The summed E-state index contributed by atoms with van der Waals surface area (Å²) in [5, 5.41) is 0. The van der Waals surface area contributed by atoms with Gasteiger partial charge in [-0.15, -0.1) is 0 Å². The van der Waals surface area contributed by atoms with Crippen LogP contribution in [0.2, 0.25) is 0 Å². The summed E-state index contributed by atoms with van der Waals surface area (Å²) >= 11 is 0. The van der Waals surface area contributed by atoms with Crippen LogP contribution in [0.15, 0.2) is 127 Å². The van der Waals surface area contributed by atoms with Gasteiger partial charge in [0.15, 0.2) is 0 Å². The number of hydrogen-bond donors (Lipinski definition) is 0. The molecule has 3 aliphatic carbocycles. The Kier molecular flexibility index (Phi) is 4.88. The Labute approximate surface area is 225 Å². The fourth-order valence-electron chi connectivity index (χ4n) is 7.98. The molecule has 1 heteroatoms. The Morgan fingerprint density at radius 3 is 1.89 bits per heavy atom. The molecule has 1 spiro atoms. The normalized spacial score (nSPS) is 22.4. The van der Waals surface area contributed by atoms with Gasteiger partial charge in [-0.3, -0.25) is 0 Å². The first-order chi connectivity index (χ1) is 18.8. The number of anilines is 3. The zero-order valence-corrected chi connectivity index (χ0v) is 21.6. The van der Waals surface area contributed by atoms with Gasteiger partial charge < -0.3 is 4.90 Å². The lowest BCUT2D eigenvalue weighted by atomic mass is 9.67. The van der Waals surface area contributed by atoms with Crippen molar-refractivity contribution in [3.05, 3.63) is 139 Å². The quantitative estimate of drug-likeness (QED) is 0.243. The molecule has 2 fully saturated rings. The number of hydrogen-bond acceptors (Lipinski definition) is 1. The van der Waals surface area contributed by atoms with E-state index in [4.69, 9.17) is 0 Å². The van der Waals surface area contributed by atoms with Crippen LogP contribution < -0.4 is 4.90 Å². The van der Waals surface area contributed by atoms with Gasteiger partial charge >= 0.3 is 0 Å². The predicted molar refractivity (Wildman–Crippen MR) is 158 cm³/mol. The first-order valence-corrected chi connectivity index (χ1v) is 14.1. The average molecular weight is 490 g/mol. The maximum Gasteiger partial charge on any atom is 0.0468 e. The zero-order chi connectivity index (χ0) is 25.1. The first kappa shape index (κ1) is 21.9. The lowest BCUT2D eigenvalue weighted by Gasteiger charge is -2.36.